The summed E-state index contributed by atoms with van der Waals surface area (Å²) >= 11 is 0. The number of carbonyl (C=O) groups excluding carboxylic acids is 1. The third kappa shape index (κ3) is 2.37. The van der Waals surface area contributed by atoms with Crippen molar-refractivity contribution in [3.05, 3.63) is 65.2 Å². The van der Waals surface area contributed by atoms with Crippen molar-refractivity contribution in [3.8, 4) is 0 Å². The van der Waals surface area contributed by atoms with Crippen LogP contribution in [0.15, 0.2) is 42.5 Å². The van der Waals surface area contributed by atoms with E-state index in [1.165, 1.54) is 6.07 Å². The molecule has 2 aromatic rings. The summed E-state index contributed by atoms with van der Waals surface area (Å²) in [5.74, 6) is -2.54. The quantitative estimate of drug-likeness (QED) is 0.864. The third-order valence-electron chi connectivity index (χ3n) is 2.58. The lowest BCUT2D eigenvalue weighted by Gasteiger charge is -2.09. The normalized spacial score (nSPS) is 10.2. The van der Waals surface area contributed by atoms with E-state index in [0.29, 0.717) is 5.69 Å². The van der Waals surface area contributed by atoms with Crippen molar-refractivity contribution in [2.45, 2.75) is 6.92 Å². The standard InChI is InChI=1S/C14H11F2NO/c1-9-5-2-3-8-12(9)17-14(18)13-10(15)6-4-7-11(13)16/h2-8H,1H3,(H,17,18). The van der Waals surface area contributed by atoms with Crippen LogP contribution in [0.3, 0.4) is 0 Å². The highest BCUT2D eigenvalue weighted by Gasteiger charge is 2.17. The first-order valence-electron chi connectivity index (χ1n) is 5.40. The number of aryl methyl sites for hydroxylation is 1. The molecule has 0 unspecified atom stereocenters. The minimum Gasteiger partial charge on any atom is -0.322 e. The summed E-state index contributed by atoms with van der Waals surface area (Å²) < 4.78 is 26.8. The summed E-state index contributed by atoms with van der Waals surface area (Å²) in [6.45, 7) is 1.80. The highest BCUT2D eigenvalue weighted by Crippen LogP contribution is 2.17. The SMILES string of the molecule is Cc1ccccc1NC(=O)c1c(F)cccc1F. The third-order valence-corrected chi connectivity index (χ3v) is 2.58. The van der Waals surface area contributed by atoms with Crippen LogP contribution in [0.5, 0.6) is 0 Å². The molecule has 0 aliphatic carbocycles. The summed E-state index contributed by atoms with van der Waals surface area (Å²) in [7, 11) is 0. The molecule has 92 valence electrons. The Hall–Kier alpha value is -2.23. The van der Waals surface area contributed by atoms with E-state index in [4.69, 9.17) is 0 Å². The fourth-order valence-corrected chi connectivity index (χ4v) is 1.61. The first-order valence-corrected chi connectivity index (χ1v) is 5.40. The van der Waals surface area contributed by atoms with Gasteiger partial charge < -0.3 is 5.32 Å². The highest BCUT2D eigenvalue weighted by atomic mass is 19.1. The minimum atomic E-state index is -0.874. The van der Waals surface area contributed by atoms with E-state index in [-0.39, 0.29) is 0 Å². The summed E-state index contributed by atoms with van der Waals surface area (Å²) in [6.07, 6.45) is 0. The lowest BCUT2D eigenvalue weighted by molar-refractivity contribution is 0.101. The smallest absolute Gasteiger partial charge is 0.261 e. The molecule has 2 nitrogen and oxygen atoms in total. The fourth-order valence-electron chi connectivity index (χ4n) is 1.61. The molecule has 0 atom stereocenters. The van der Waals surface area contributed by atoms with Gasteiger partial charge in [-0.1, -0.05) is 24.3 Å². The van der Waals surface area contributed by atoms with Gasteiger partial charge in [0.25, 0.3) is 5.91 Å². The van der Waals surface area contributed by atoms with Crippen molar-refractivity contribution in [3.63, 3.8) is 0 Å². The van der Waals surface area contributed by atoms with Gasteiger partial charge in [-0.3, -0.25) is 4.79 Å². The summed E-state index contributed by atoms with van der Waals surface area (Å²) in [5, 5.41) is 2.49. The zero-order valence-corrected chi connectivity index (χ0v) is 9.71. The Morgan fingerprint density at radius 1 is 1.00 bits per heavy atom. The Bertz CT molecular complexity index is 576. The molecule has 0 radical (unpaired) electrons. The fraction of sp³-hybridized carbons (Fsp3) is 0.0714. The summed E-state index contributed by atoms with van der Waals surface area (Å²) in [6, 6.07) is 10.3. The van der Waals surface area contributed by atoms with E-state index < -0.39 is 23.1 Å². The van der Waals surface area contributed by atoms with Crippen LogP contribution in [0.25, 0.3) is 0 Å². The van der Waals surface area contributed by atoms with Gasteiger partial charge in [-0.05, 0) is 30.7 Å². The molecule has 0 saturated heterocycles. The lowest BCUT2D eigenvalue weighted by atomic mass is 10.1. The van der Waals surface area contributed by atoms with Crippen LogP contribution in [-0.4, -0.2) is 5.91 Å². The molecule has 2 aromatic carbocycles. The van der Waals surface area contributed by atoms with Crippen LogP contribution in [0.2, 0.25) is 0 Å². The zero-order chi connectivity index (χ0) is 13.1. The number of para-hydroxylation sites is 1. The van der Waals surface area contributed by atoms with E-state index in [1.54, 1.807) is 25.1 Å². The molecule has 0 fully saturated rings. The second-order valence-corrected chi connectivity index (χ2v) is 3.87. The van der Waals surface area contributed by atoms with Gasteiger partial charge in [0, 0.05) is 5.69 Å². The molecular formula is C14H11F2NO. The first-order chi connectivity index (χ1) is 8.59. The Morgan fingerprint density at radius 2 is 1.61 bits per heavy atom. The highest BCUT2D eigenvalue weighted by molar-refractivity contribution is 6.05. The average Bonchev–Trinajstić information content (AvgIpc) is 2.32. The molecule has 0 aliphatic heterocycles. The molecule has 0 aliphatic rings. The number of benzene rings is 2. The molecule has 0 saturated carbocycles. The van der Waals surface area contributed by atoms with Gasteiger partial charge in [0.2, 0.25) is 0 Å². The van der Waals surface area contributed by atoms with Crippen molar-refractivity contribution < 1.29 is 13.6 Å². The van der Waals surface area contributed by atoms with Gasteiger partial charge in [0.05, 0.1) is 0 Å². The number of rotatable bonds is 2. The maximum Gasteiger partial charge on any atom is 0.261 e. The lowest BCUT2D eigenvalue weighted by Crippen LogP contribution is -2.16. The second-order valence-electron chi connectivity index (χ2n) is 3.87. The number of nitrogens with one attached hydrogen (secondary N) is 1. The Morgan fingerprint density at radius 3 is 2.22 bits per heavy atom. The summed E-state index contributed by atoms with van der Waals surface area (Å²) in [5.41, 5.74) is 0.786. The van der Waals surface area contributed by atoms with Gasteiger partial charge in [-0.25, -0.2) is 8.78 Å². The van der Waals surface area contributed by atoms with Crippen LogP contribution >= 0.6 is 0 Å². The molecule has 1 amide bonds. The maximum atomic E-state index is 13.4. The molecule has 4 heteroatoms. The van der Waals surface area contributed by atoms with Crippen LogP contribution in [0.1, 0.15) is 15.9 Å². The second kappa shape index (κ2) is 4.96. The van der Waals surface area contributed by atoms with Crippen LogP contribution < -0.4 is 5.32 Å². The van der Waals surface area contributed by atoms with E-state index in [0.717, 1.165) is 17.7 Å². The van der Waals surface area contributed by atoms with Gasteiger partial charge >= 0.3 is 0 Å². The van der Waals surface area contributed by atoms with E-state index in [9.17, 15) is 13.6 Å². The Labute approximate surface area is 103 Å². The average molecular weight is 247 g/mol. The molecular weight excluding hydrogens is 236 g/mol. The zero-order valence-electron chi connectivity index (χ0n) is 9.71. The predicted octanol–water partition coefficient (Wildman–Crippen LogP) is 3.53. The Balaban J connectivity index is 2.31. The van der Waals surface area contributed by atoms with Crippen LogP contribution in [0, 0.1) is 18.6 Å². The molecule has 0 aromatic heterocycles. The van der Waals surface area contributed by atoms with Crippen molar-refractivity contribution in [2.24, 2.45) is 0 Å². The maximum absolute atomic E-state index is 13.4. The van der Waals surface area contributed by atoms with E-state index >= 15 is 0 Å². The summed E-state index contributed by atoms with van der Waals surface area (Å²) in [4.78, 5) is 11.8. The number of carbonyl (C=O) groups is 1. The van der Waals surface area contributed by atoms with E-state index in [2.05, 4.69) is 5.32 Å². The largest absolute Gasteiger partial charge is 0.322 e. The van der Waals surface area contributed by atoms with Crippen molar-refractivity contribution in [1.29, 1.82) is 0 Å². The molecule has 0 heterocycles. The number of halogens is 2. The molecule has 2 rings (SSSR count). The number of amides is 1. The van der Waals surface area contributed by atoms with Gasteiger partial charge in [-0.15, -0.1) is 0 Å². The number of hydrogen-bond acceptors (Lipinski definition) is 1. The molecule has 0 bridgehead atoms. The van der Waals surface area contributed by atoms with Gasteiger partial charge in [-0.2, -0.15) is 0 Å². The monoisotopic (exact) mass is 247 g/mol. The van der Waals surface area contributed by atoms with Gasteiger partial charge in [0.15, 0.2) is 0 Å². The topological polar surface area (TPSA) is 29.1 Å². The minimum absolute atomic E-state index is 0.533. The van der Waals surface area contributed by atoms with Crippen molar-refractivity contribution in [1.82, 2.24) is 0 Å². The Kier molecular flexibility index (Phi) is 3.37. The predicted molar refractivity (Wildman–Crippen MR) is 65.5 cm³/mol. The number of anilines is 1. The van der Waals surface area contributed by atoms with Crippen LogP contribution in [-0.2, 0) is 0 Å². The molecule has 1 N–H and O–H groups in total. The number of hydrogen-bond donors (Lipinski definition) is 1. The van der Waals surface area contributed by atoms with E-state index in [1.807, 2.05) is 6.07 Å². The first kappa shape index (κ1) is 12.2. The van der Waals surface area contributed by atoms with Gasteiger partial charge in [0.1, 0.15) is 17.2 Å². The molecule has 0 spiro atoms. The van der Waals surface area contributed by atoms with Crippen molar-refractivity contribution >= 4 is 11.6 Å². The molecule has 18 heavy (non-hydrogen) atoms. The van der Waals surface area contributed by atoms with Crippen LogP contribution in [0.4, 0.5) is 14.5 Å². The van der Waals surface area contributed by atoms with Crippen molar-refractivity contribution in [2.75, 3.05) is 5.32 Å².